The summed E-state index contributed by atoms with van der Waals surface area (Å²) in [6.07, 6.45) is 27.5. The first-order valence-corrected chi connectivity index (χ1v) is 15.9. The third kappa shape index (κ3) is 4.75. The third-order valence-electron chi connectivity index (χ3n) is 9.89. The first-order valence-electron chi connectivity index (χ1n) is 15.9. The van der Waals surface area contributed by atoms with Gasteiger partial charge < -0.3 is 5.32 Å². The van der Waals surface area contributed by atoms with Crippen LogP contribution in [0.3, 0.4) is 0 Å². The fourth-order valence-electron chi connectivity index (χ4n) is 7.97. The minimum Gasteiger partial charge on any atom is -0.380 e. The molecule has 42 heavy (non-hydrogen) atoms. The molecule has 3 aromatic carbocycles. The topological polar surface area (TPSA) is 12.0 Å². The van der Waals surface area contributed by atoms with Crippen molar-refractivity contribution in [3.8, 4) is 0 Å². The van der Waals surface area contributed by atoms with Gasteiger partial charge in [-0.25, -0.2) is 0 Å². The molecule has 7 rings (SSSR count). The molecule has 0 saturated heterocycles. The number of hydrogen-bond acceptors (Lipinski definition) is 1. The van der Waals surface area contributed by atoms with E-state index in [0.717, 1.165) is 0 Å². The molecule has 4 aliphatic rings. The number of nitrogens with one attached hydrogen (secondary N) is 1. The predicted octanol–water partition coefficient (Wildman–Crippen LogP) is 10.7. The first kappa shape index (κ1) is 26.8. The molecule has 1 N–H and O–H groups in total. The van der Waals surface area contributed by atoms with Crippen LogP contribution in [-0.2, 0) is 0 Å². The highest BCUT2D eigenvalue weighted by molar-refractivity contribution is 6.05. The van der Waals surface area contributed by atoms with E-state index >= 15 is 0 Å². The number of benzene rings is 3. The number of dihydropyridines is 1. The van der Waals surface area contributed by atoms with Crippen LogP contribution in [0.25, 0.3) is 21.9 Å². The Morgan fingerprint density at radius 1 is 0.786 bits per heavy atom. The minimum atomic E-state index is 0.202. The zero-order chi connectivity index (χ0) is 28.5. The normalized spacial score (nSPS) is 25.6. The second-order valence-electron chi connectivity index (χ2n) is 12.3. The molecule has 3 aliphatic carbocycles. The highest BCUT2D eigenvalue weighted by Gasteiger charge is 2.39. The van der Waals surface area contributed by atoms with Crippen molar-refractivity contribution in [1.29, 1.82) is 0 Å². The molecule has 210 valence electrons. The zero-order valence-corrected chi connectivity index (χ0v) is 24.9. The lowest BCUT2D eigenvalue weighted by molar-refractivity contribution is 0.299. The molecule has 0 saturated carbocycles. The molecular weight excluding hydrogens is 506 g/mol. The molecule has 4 atom stereocenters. The van der Waals surface area contributed by atoms with E-state index in [1.807, 2.05) is 0 Å². The summed E-state index contributed by atoms with van der Waals surface area (Å²) in [5.41, 5.74) is 11.2. The molecule has 1 heteroatoms. The van der Waals surface area contributed by atoms with Crippen LogP contribution in [0.15, 0.2) is 138 Å². The van der Waals surface area contributed by atoms with Crippen molar-refractivity contribution in [1.82, 2.24) is 5.32 Å². The Kier molecular flexibility index (Phi) is 7.43. The molecule has 3 aromatic rings. The van der Waals surface area contributed by atoms with Crippen LogP contribution in [0.1, 0.15) is 68.7 Å². The maximum atomic E-state index is 3.64. The Bertz CT molecular complexity index is 1700. The predicted molar refractivity (Wildman–Crippen MR) is 180 cm³/mol. The molecule has 0 spiro atoms. The summed E-state index contributed by atoms with van der Waals surface area (Å²) >= 11 is 0. The molecule has 4 unspecified atom stereocenters. The smallest absolute Gasteiger partial charge is 0.0696 e. The Labute approximate surface area is 251 Å². The average Bonchev–Trinajstić information content (AvgIpc) is 3.06. The molecular formula is C41H41N. The number of allylic oxidation sites excluding steroid dienone is 12. The first-order chi connectivity index (χ1) is 20.7. The van der Waals surface area contributed by atoms with Crippen LogP contribution < -0.4 is 5.32 Å². The van der Waals surface area contributed by atoms with Gasteiger partial charge in [-0.05, 0) is 113 Å². The Balaban J connectivity index is 1.34. The Morgan fingerprint density at radius 3 is 2.31 bits per heavy atom. The summed E-state index contributed by atoms with van der Waals surface area (Å²) in [5.74, 6) is 1.81. The molecule has 1 aliphatic heterocycles. The SMILES string of the molecule is C/C=C\C1=C(C)C(C2C=CCCC2)C2CCC=CC2=C1c1ccc(C2=CNC(c3ccccc3)C=C2)c2ccccc12. The molecule has 0 bridgehead atoms. The molecule has 0 amide bonds. The molecule has 1 nitrogen and oxygen atoms in total. The monoisotopic (exact) mass is 547 g/mol. The summed E-state index contributed by atoms with van der Waals surface area (Å²) in [6, 6.07) is 24.6. The Morgan fingerprint density at radius 2 is 1.57 bits per heavy atom. The fraction of sp³-hybridized carbons (Fsp3) is 0.268. The van der Waals surface area contributed by atoms with Crippen molar-refractivity contribution in [2.45, 2.75) is 52.0 Å². The van der Waals surface area contributed by atoms with E-state index in [1.54, 1.807) is 11.1 Å². The van der Waals surface area contributed by atoms with E-state index in [9.17, 15) is 0 Å². The summed E-state index contributed by atoms with van der Waals surface area (Å²) < 4.78 is 0. The summed E-state index contributed by atoms with van der Waals surface area (Å²) in [6.45, 7) is 4.60. The molecule has 0 fully saturated rings. The van der Waals surface area contributed by atoms with Crippen molar-refractivity contribution in [3.05, 3.63) is 155 Å². The zero-order valence-electron chi connectivity index (χ0n) is 24.9. The number of fused-ring (bicyclic) bond motifs is 2. The van der Waals surface area contributed by atoms with Gasteiger partial charge in [0.25, 0.3) is 0 Å². The van der Waals surface area contributed by atoms with Crippen molar-refractivity contribution >= 4 is 21.9 Å². The van der Waals surface area contributed by atoms with E-state index in [4.69, 9.17) is 0 Å². The van der Waals surface area contributed by atoms with E-state index in [2.05, 4.69) is 141 Å². The van der Waals surface area contributed by atoms with Crippen molar-refractivity contribution in [3.63, 3.8) is 0 Å². The highest BCUT2D eigenvalue weighted by atomic mass is 14.9. The van der Waals surface area contributed by atoms with Gasteiger partial charge in [0, 0.05) is 6.20 Å². The van der Waals surface area contributed by atoms with Crippen LogP contribution in [0.5, 0.6) is 0 Å². The number of hydrogen-bond donors (Lipinski definition) is 1. The van der Waals surface area contributed by atoms with Gasteiger partial charge in [-0.3, -0.25) is 0 Å². The van der Waals surface area contributed by atoms with Crippen LogP contribution in [0.4, 0.5) is 0 Å². The van der Waals surface area contributed by atoms with Gasteiger partial charge in [0.15, 0.2) is 0 Å². The van der Waals surface area contributed by atoms with E-state index in [1.165, 1.54) is 76.3 Å². The van der Waals surface area contributed by atoms with Crippen LogP contribution >= 0.6 is 0 Å². The van der Waals surface area contributed by atoms with Gasteiger partial charge in [-0.1, -0.05) is 121 Å². The van der Waals surface area contributed by atoms with Crippen LogP contribution in [0, 0.1) is 17.8 Å². The minimum absolute atomic E-state index is 0.202. The molecule has 0 aromatic heterocycles. The Hall–Kier alpha value is -4.10. The largest absolute Gasteiger partial charge is 0.380 e. The van der Waals surface area contributed by atoms with Crippen LogP contribution in [-0.4, -0.2) is 0 Å². The lowest BCUT2D eigenvalue weighted by Crippen LogP contribution is -2.31. The van der Waals surface area contributed by atoms with Crippen molar-refractivity contribution < 1.29 is 0 Å². The van der Waals surface area contributed by atoms with Crippen molar-refractivity contribution in [2.24, 2.45) is 17.8 Å². The van der Waals surface area contributed by atoms with Crippen molar-refractivity contribution in [2.75, 3.05) is 0 Å². The van der Waals surface area contributed by atoms with Gasteiger partial charge in [0.2, 0.25) is 0 Å². The molecule has 0 radical (unpaired) electrons. The third-order valence-corrected chi connectivity index (χ3v) is 9.89. The van der Waals surface area contributed by atoms with E-state index in [0.29, 0.717) is 17.8 Å². The van der Waals surface area contributed by atoms with Crippen LogP contribution in [0.2, 0.25) is 0 Å². The van der Waals surface area contributed by atoms with Gasteiger partial charge >= 0.3 is 0 Å². The quantitative estimate of drug-likeness (QED) is 0.313. The maximum Gasteiger partial charge on any atom is 0.0696 e. The van der Waals surface area contributed by atoms with E-state index in [-0.39, 0.29) is 6.04 Å². The standard InChI is InChI=1S/C41H41N/c1-3-14-32-28(2)40(30-17-8-5-9-18-30)36-21-12-13-22-37(36)41(32)38-25-24-33(34-19-10-11-20-35(34)38)31-23-26-39(42-27-31)29-15-6-4-7-16-29/h3-4,6-8,10-11,13-17,19-20,22-27,30,36,39-40,42H,5,9,12,18,21H2,1-2H3/b14-3-. The highest BCUT2D eigenvalue weighted by Crippen LogP contribution is 2.52. The molecule has 1 heterocycles. The average molecular weight is 548 g/mol. The van der Waals surface area contributed by atoms with Gasteiger partial charge in [0.1, 0.15) is 0 Å². The number of rotatable bonds is 5. The van der Waals surface area contributed by atoms with Gasteiger partial charge in [-0.15, -0.1) is 0 Å². The second-order valence-corrected chi connectivity index (χ2v) is 12.3. The lowest BCUT2D eigenvalue weighted by Gasteiger charge is -2.42. The van der Waals surface area contributed by atoms with E-state index < -0.39 is 0 Å². The summed E-state index contributed by atoms with van der Waals surface area (Å²) in [5, 5.41) is 6.28. The fourth-order valence-corrected chi connectivity index (χ4v) is 7.97. The summed E-state index contributed by atoms with van der Waals surface area (Å²) in [4.78, 5) is 0. The lowest BCUT2D eigenvalue weighted by atomic mass is 9.62. The second kappa shape index (κ2) is 11.6. The van der Waals surface area contributed by atoms with Gasteiger partial charge in [0.05, 0.1) is 6.04 Å². The summed E-state index contributed by atoms with van der Waals surface area (Å²) in [7, 11) is 0. The maximum absolute atomic E-state index is 3.64. The van der Waals surface area contributed by atoms with Gasteiger partial charge in [-0.2, -0.15) is 0 Å².